The number of carbonyl (C=O) groups excluding carboxylic acids is 1. The number of carbonyl (C=O) groups is 1. The molecule has 1 aliphatic rings. The molecule has 0 aromatic heterocycles. The van der Waals surface area contributed by atoms with E-state index in [9.17, 15) is 13.2 Å². The monoisotopic (exact) mass is 368 g/mol. The number of primary sulfonamides is 1. The van der Waals surface area contributed by atoms with Crippen molar-refractivity contribution in [1.29, 1.82) is 0 Å². The molecule has 1 fully saturated rings. The molecule has 0 aliphatic heterocycles. The number of amides is 1. The van der Waals surface area contributed by atoms with Crippen molar-refractivity contribution in [3.05, 3.63) is 29.3 Å². The first-order valence-corrected chi connectivity index (χ1v) is 10.1. The normalized spacial score (nSPS) is 25.3. The van der Waals surface area contributed by atoms with E-state index in [0.29, 0.717) is 0 Å². The van der Waals surface area contributed by atoms with Crippen LogP contribution in [0.2, 0.25) is 0 Å². The van der Waals surface area contributed by atoms with E-state index in [1.54, 1.807) is 26.2 Å². The molecule has 1 amide bonds. The van der Waals surface area contributed by atoms with Crippen LogP contribution >= 0.6 is 0 Å². The van der Waals surface area contributed by atoms with Crippen molar-refractivity contribution < 1.29 is 17.9 Å². The van der Waals surface area contributed by atoms with E-state index in [1.807, 2.05) is 6.92 Å². The van der Waals surface area contributed by atoms with E-state index in [2.05, 4.69) is 19.2 Å². The highest BCUT2D eigenvalue weighted by atomic mass is 32.2. The fourth-order valence-corrected chi connectivity index (χ4v) is 5.10. The second-order valence-corrected chi connectivity index (χ2v) is 8.48. The maximum atomic E-state index is 12.9. The fourth-order valence-electron chi connectivity index (χ4n) is 4.39. The Morgan fingerprint density at radius 3 is 2.40 bits per heavy atom. The number of hydrogen-bond donors (Lipinski definition) is 2. The van der Waals surface area contributed by atoms with Crippen molar-refractivity contribution in [2.75, 3.05) is 7.11 Å². The summed E-state index contributed by atoms with van der Waals surface area (Å²) in [5.41, 5.74) is 0.748. The molecular formula is C18H28N2O4S. The molecule has 3 N–H and O–H groups in total. The summed E-state index contributed by atoms with van der Waals surface area (Å²) in [5, 5.41) is 8.31. The van der Waals surface area contributed by atoms with Crippen LogP contribution < -0.4 is 10.5 Å². The molecule has 0 saturated heterocycles. The van der Waals surface area contributed by atoms with Gasteiger partial charge in [0.15, 0.2) is 0 Å². The molecule has 7 heteroatoms. The Morgan fingerprint density at radius 2 is 1.92 bits per heavy atom. The van der Waals surface area contributed by atoms with Gasteiger partial charge in [-0.05, 0) is 31.9 Å². The van der Waals surface area contributed by atoms with Gasteiger partial charge in [0.2, 0.25) is 10.0 Å². The van der Waals surface area contributed by atoms with Gasteiger partial charge in [0.25, 0.3) is 5.91 Å². The summed E-state index contributed by atoms with van der Waals surface area (Å²) in [6.07, 6.45) is 1.81. The summed E-state index contributed by atoms with van der Waals surface area (Å²) < 4.78 is 29.3. The van der Waals surface area contributed by atoms with Crippen molar-refractivity contribution in [3.8, 4) is 0 Å². The number of methoxy groups -OCH3 is 1. The van der Waals surface area contributed by atoms with Crippen molar-refractivity contribution in [3.63, 3.8) is 0 Å². The average Bonchev–Trinajstić information content (AvgIpc) is 2.55. The zero-order valence-corrected chi connectivity index (χ0v) is 16.3. The third-order valence-corrected chi connectivity index (χ3v) is 6.70. The molecule has 0 radical (unpaired) electrons. The van der Waals surface area contributed by atoms with Crippen molar-refractivity contribution in [1.82, 2.24) is 5.32 Å². The van der Waals surface area contributed by atoms with E-state index in [4.69, 9.17) is 9.88 Å². The second kappa shape index (κ2) is 7.05. The lowest BCUT2D eigenvalue weighted by Crippen LogP contribution is -2.70. The molecule has 2 rings (SSSR count). The van der Waals surface area contributed by atoms with E-state index >= 15 is 0 Å². The minimum Gasteiger partial charge on any atom is -0.380 e. The first kappa shape index (κ1) is 19.9. The molecule has 3 atom stereocenters. The quantitative estimate of drug-likeness (QED) is 0.804. The van der Waals surface area contributed by atoms with Crippen molar-refractivity contribution in [2.24, 2.45) is 16.5 Å². The Hall–Kier alpha value is -1.44. The van der Waals surface area contributed by atoms with E-state index in [1.165, 1.54) is 6.07 Å². The second-order valence-electron chi connectivity index (χ2n) is 6.95. The molecular weight excluding hydrogens is 340 g/mol. The summed E-state index contributed by atoms with van der Waals surface area (Å²) in [7, 11) is -2.28. The Balaban J connectivity index is 2.36. The lowest BCUT2D eigenvalue weighted by molar-refractivity contribution is -0.164. The standard InChI is InChI=1S/C18H28N2O4S/c1-6-18(7-2)15(12(4)16(18)24-5)20-17(21)13-10-11(3)8-9-14(13)25(19,22)23/h8-10,12,15-16H,6-7H2,1-5H3,(H,20,21)(H2,19,22,23). The van der Waals surface area contributed by atoms with Gasteiger partial charge in [-0.25, -0.2) is 13.6 Å². The van der Waals surface area contributed by atoms with Crippen molar-refractivity contribution >= 4 is 15.9 Å². The summed E-state index contributed by atoms with van der Waals surface area (Å²) >= 11 is 0. The number of benzene rings is 1. The number of hydrogen-bond acceptors (Lipinski definition) is 4. The molecule has 0 spiro atoms. The highest BCUT2D eigenvalue weighted by molar-refractivity contribution is 7.89. The van der Waals surface area contributed by atoms with Crippen LogP contribution in [0.4, 0.5) is 0 Å². The van der Waals surface area contributed by atoms with Gasteiger partial charge in [0, 0.05) is 24.5 Å². The topological polar surface area (TPSA) is 98.5 Å². The molecule has 1 saturated carbocycles. The van der Waals surface area contributed by atoms with E-state index < -0.39 is 15.9 Å². The number of aryl methyl sites for hydroxylation is 1. The van der Waals surface area contributed by atoms with Crippen LogP contribution in [-0.4, -0.2) is 33.6 Å². The van der Waals surface area contributed by atoms with Crippen LogP contribution in [0.15, 0.2) is 23.1 Å². The van der Waals surface area contributed by atoms with Gasteiger partial charge >= 0.3 is 0 Å². The largest absolute Gasteiger partial charge is 0.380 e. The maximum absolute atomic E-state index is 12.9. The summed E-state index contributed by atoms with van der Waals surface area (Å²) in [5.74, 6) is -0.262. The Labute approximate surface area is 150 Å². The molecule has 0 heterocycles. The number of nitrogens with two attached hydrogens (primary N) is 1. The third-order valence-electron chi connectivity index (χ3n) is 5.73. The minimum absolute atomic E-state index is 0.0722. The van der Waals surface area contributed by atoms with Crippen LogP contribution in [0.5, 0.6) is 0 Å². The first-order valence-electron chi connectivity index (χ1n) is 8.59. The fraction of sp³-hybridized carbons (Fsp3) is 0.611. The Kier molecular flexibility index (Phi) is 5.61. The lowest BCUT2D eigenvalue weighted by Gasteiger charge is -2.59. The predicted molar refractivity (Wildman–Crippen MR) is 96.8 cm³/mol. The van der Waals surface area contributed by atoms with E-state index in [-0.39, 0.29) is 33.9 Å². The van der Waals surface area contributed by atoms with Gasteiger partial charge in [0.05, 0.1) is 16.6 Å². The maximum Gasteiger partial charge on any atom is 0.252 e. The average molecular weight is 368 g/mol. The van der Waals surface area contributed by atoms with Crippen LogP contribution in [-0.2, 0) is 14.8 Å². The van der Waals surface area contributed by atoms with Crippen LogP contribution in [0.1, 0.15) is 49.5 Å². The molecule has 6 nitrogen and oxygen atoms in total. The first-order chi connectivity index (χ1) is 11.6. The molecule has 0 bridgehead atoms. The predicted octanol–water partition coefficient (Wildman–Crippen LogP) is 2.21. The molecule has 1 aliphatic carbocycles. The summed E-state index contributed by atoms with van der Waals surface area (Å²) in [4.78, 5) is 12.7. The molecule has 25 heavy (non-hydrogen) atoms. The van der Waals surface area contributed by atoms with Gasteiger partial charge in [-0.2, -0.15) is 0 Å². The highest BCUT2D eigenvalue weighted by Crippen LogP contribution is 2.52. The van der Waals surface area contributed by atoms with Gasteiger partial charge in [-0.15, -0.1) is 0 Å². The Bertz CT molecular complexity index is 756. The van der Waals surface area contributed by atoms with Gasteiger partial charge in [-0.1, -0.05) is 32.4 Å². The van der Waals surface area contributed by atoms with Gasteiger partial charge in [-0.3, -0.25) is 4.79 Å². The zero-order chi connectivity index (χ0) is 19.0. The SMILES string of the molecule is CCC1(CC)C(NC(=O)c2cc(C)ccc2S(N)(=O)=O)C(C)C1OC. The third kappa shape index (κ3) is 3.32. The molecule has 1 aromatic carbocycles. The summed E-state index contributed by atoms with van der Waals surface area (Å²) in [6.45, 7) is 8.02. The molecule has 140 valence electrons. The minimum atomic E-state index is -3.97. The number of ether oxygens (including phenoxy) is 1. The number of nitrogens with one attached hydrogen (secondary N) is 1. The molecule has 3 unspecified atom stereocenters. The lowest BCUT2D eigenvalue weighted by atomic mass is 9.53. The van der Waals surface area contributed by atoms with E-state index in [0.717, 1.165) is 18.4 Å². The number of rotatable bonds is 6. The van der Waals surface area contributed by atoms with Gasteiger partial charge < -0.3 is 10.1 Å². The number of sulfonamides is 1. The van der Waals surface area contributed by atoms with Crippen LogP contribution in [0.3, 0.4) is 0 Å². The smallest absolute Gasteiger partial charge is 0.252 e. The summed E-state index contributed by atoms with van der Waals surface area (Å²) in [6, 6.07) is 4.50. The van der Waals surface area contributed by atoms with Crippen LogP contribution in [0.25, 0.3) is 0 Å². The van der Waals surface area contributed by atoms with Crippen molar-refractivity contribution in [2.45, 2.75) is 57.6 Å². The molecule has 1 aromatic rings. The zero-order valence-electron chi connectivity index (χ0n) is 15.5. The Morgan fingerprint density at radius 1 is 1.32 bits per heavy atom. The van der Waals surface area contributed by atoms with Crippen LogP contribution in [0, 0.1) is 18.3 Å². The van der Waals surface area contributed by atoms with Gasteiger partial charge in [0.1, 0.15) is 0 Å². The highest BCUT2D eigenvalue weighted by Gasteiger charge is 2.59.